The highest BCUT2D eigenvalue weighted by molar-refractivity contribution is 4.74. The highest BCUT2D eigenvalue weighted by Crippen LogP contribution is 1.99. The fourth-order valence-corrected chi connectivity index (χ4v) is 1.25. The van der Waals surface area contributed by atoms with Gasteiger partial charge in [0.15, 0.2) is 0 Å². The first kappa shape index (κ1) is 12.7. The Morgan fingerprint density at radius 1 is 1.38 bits per heavy atom. The third kappa shape index (κ3) is 9.57. The van der Waals surface area contributed by atoms with Crippen LogP contribution >= 0.6 is 0 Å². The molecular formula is C11H23NO. The molecule has 0 radical (unpaired) electrons. The van der Waals surface area contributed by atoms with E-state index in [4.69, 9.17) is 5.11 Å². The SMILES string of the molecule is C=CCC(C)NCCCCC(C)O. The summed E-state index contributed by atoms with van der Waals surface area (Å²) in [5.74, 6) is 0. The molecule has 2 heteroatoms. The second kappa shape index (κ2) is 8.27. The van der Waals surface area contributed by atoms with Crippen molar-refractivity contribution in [3.8, 4) is 0 Å². The first-order chi connectivity index (χ1) is 6.16. The lowest BCUT2D eigenvalue weighted by Gasteiger charge is -2.11. The van der Waals surface area contributed by atoms with Crippen LogP contribution < -0.4 is 5.32 Å². The Balaban J connectivity index is 3.11. The Labute approximate surface area is 82.0 Å². The van der Waals surface area contributed by atoms with Crippen molar-refractivity contribution in [3.63, 3.8) is 0 Å². The minimum atomic E-state index is -0.148. The quantitative estimate of drug-likeness (QED) is 0.448. The molecule has 0 bridgehead atoms. The predicted octanol–water partition coefficient (Wildman–Crippen LogP) is 2.09. The first-order valence-electron chi connectivity index (χ1n) is 5.19. The molecular weight excluding hydrogens is 162 g/mol. The Kier molecular flexibility index (Phi) is 8.05. The monoisotopic (exact) mass is 185 g/mol. The molecule has 2 atom stereocenters. The van der Waals surface area contributed by atoms with E-state index < -0.39 is 0 Å². The van der Waals surface area contributed by atoms with Crippen LogP contribution in [0.25, 0.3) is 0 Å². The summed E-state index contributed by atoms with van der Waals surface area (Å²) in [4.78, 5) is 0. The zero-order valence-electron chi connectivity index (χ0n) is 8.92. The maximum Gasteiger partial charge on any atom is 0.0512 e. The second-order valence-electron chi connectivity index (χ2n) is 3.72. The highest BCUT2D eigenvalue weighted by atomic mass is 16.3. The molecule has 0 saturated carbocycles. The van der Waals surface area contributed by atoms with Crippen LogP contribution in [0.3, 0.4) is 0 Å². The lowest BCUT2D eigenvalue weighted by atomic mass is 10.1. The van der Waals surface area contributed by atoms with E-state index in [1.54, 1.807) is 0 Å². The fourth-order valence-electron chi connectivity index (χ4n) is 1.25. The van der Waals surface area contributed by atoms with E-state index in [0.29, 0.717) is 6.04 Å². The van der Waals surface area contributed by atoms with Crippen molar-refractivity contribution in [3.05, 3.63) is 12.7 Å². The number of rotatable bonds is 8. The second-order valence-corrected chi connectivity index (χ2v) is 3.72. The van der Waals surface area contributed by atoms with Gasteiger partial charge in [0, 0.05) is 6.04 Å². The molecule has 0 fully saturated rings. The average Bonchev–Trinajstić information content (AvgIpc) is 2.03. The summed E-state index contributed by atoms with van der Waals surface area (Å²) < 4.78 is 0. The normalized spacial score (nSPS) is 15.3. The van der Waals surface area contributed by atoms with Crippen LogP contribution in [0.5, 0.6) is 0 Å². The van der Waals surface area contributed by atoms with Crippen LogP contribution in [0.4, 0.5) is 0 Å². The number of unbranched alkanes of at least 4 members (excludes halogenated alkanes) is 1. The summed E-state index contributed by atoms with van der Waals surface area (Å²) >= 11 is 0. The minimum Gasteiger partial charge on any atom is -0.393 e. The van der Waals surface area contributed by atoms with Gasteiger partial charge in [0.25, 0.3) is 0 Å². The summed E-state index contributed by atoms with van der Waals surface area (Å²) in [7, 11) is 0. The molecule has 0 heterocycles. The molecule has 0 amide bonds. The molecule has 0 aromatic heterocycles. The van der Waals surface area contributed by atoms with Gasteiger partial charge in [-0.25, -0.2) is 0 Å². The molecule has 13 heavy (non-hydrogen) atoms. The summed E-state index contributed by atoms with van der Waals surface area (Å²) in [5.41, 5.74) is 0. The zero-order chi connectivity index (χ0) is 10.1. The molecule has 0 saturated heterocycles. The Hall–Kier alpha value is -0.340. The van der Waals surface area contributed by atoms with Crippen LogP contribution in [0.15, 0.2) is 12.7 Å². The van der Waals surface area contributed by atoms with Gasteiger partial charge in [-0.15, -0.1) is 6.58 Å². The summed E-state index contributed by atoms with van der Waals surface area (Å²) in [6.07, 6.45) is 5.98. The standard InChI is InChI=1S/C11H23NO/c1-4-7-10(2)12-9-6-5-8-11(3)13/h4,10-13H,1,5-9H2,2-3H3. The summed E-state index contributed by atoms with van der Waals surface area (Å²) in [5, 5.41) is 12.4. The van der Waals surface area contributed by atoms with Gasteiger partial charge in [0.2, 0.25) is 0 Å². The van der Waals surface area contributed by atoms with Crippen molar-refractivity contribution >= 4 is 0 Å². The van der Waals surface area contributed by atoms with E-state index in [0.717, 1.165) is 32.2 Å². The van der Waals surface area contributed by atoms with Crippen molar-refractivity contribution < 1.29 is 5.11 Å². The number of hydrogen-bond acceptors (Lipinski definition) is 2. The predicted molar refractivity (Wildman–Crippen MR) is 57.8 cm³/mol. The van der Waals surface area contributed by atoms with E-state index >= 15 is 0 Å². The van der Waals surface area contributed by atoms with Gasteiger partial charge in [0.1, 0.15) is 0 Å². The van der Waals surface area contributed by atoms with Gasteiger partial charge in [-0.05, 0) is 46.1 Å². The smallest absolute Gasteiger partial charge is 0.0512 e. The van der Waals surface area contributed by atoms with E-state index in [1.807, 2.05) is 13.0 Å². The van der Waals surface area contributed by atoms with Gasteiger partial charge in [-0.2, -0.15) is 0 Å². The van der Waals surface area contributed by atoms with Crippen LogP contribution in [0.1, 0.15) is 39.5 Å². The Bertz CT molecular complexity index is 123. The van der Waals surface area contributed by atoms with E-state index in [2.05, 4.69) is 18.8 Å². The third-order valence-corrected chi connectivity index (χ3v) is 2.06. The molecule has 0 spiro atoms. The van der Waals surface area contributed by atoms with Crippen molar-refractivity contribution in [2.45, 2.75) is 51.7 Å². The molecule has 78 valence electrons. The number of nitrogens with one attached hydrogen (secondary N) is 1. The van der Waals surface area contributed by atoms with E-state index in [-0.39, 0.29) is 6.10 Å². The molecule has 0 aromatic carbocycles. The molecule has 0 aliphatic heterocycles. The van der Waals surface area contributed by atoms with Crippen LogP contribution in [-0.2, 0) is 0 Å². The lowest BCUT2D eigenvalue weighted by Crippen LogP contribution is -2.26. The molecule has 2 N–H and O–H groups in total. The minimum absolute atomic E-state index is 0.148. The van der Waals surface area contributed by atoms with Crippen molar-refractivity contribution in [2.75, 3.05) is 6.54 Å². The number of aliphatic hydroxyl groups is 1. The topological polar surface area (TPSA) is 32.3 Å². The maximum absolute atomic E-state index is 9.01. The molecule has 2 unspecified atom stereocenters. The Morgan fingerprint density at radius 2 is 2.08 bits per heavy atom. The molecule has 0 rings (SSSR count). The van der Waals surface area contributed by atoms with E-state index in [1.165, 1.54) is 0 Å². The number of hydrogen-bond donors (Lipinski definition) is 2. The van der Waals surface area contributed by atoms with Crippen molar-refractivity contribution in [1.82, 2.24) is 5.32 Å². The van der Waals surface area contributed by atoms with Gasteiger partial charge in [0.05, 0.1) is 6.10 Å². The lowest BCUT2D eigenvalue weighted by molar-refractivity contribution is 0.180. The van der Waals surface area contributed by atoms with Crippen LogP contribution in [0, 0.1) is 0 Å². The van der Waals surface area contributed by atoms with Crippen molar-refractivity contribution in [1.29, 1.82) is 0 Å². The number of aliphatic hydroxyl groups excluding tert-OH is 1. The molecule has 0 aliphatic rings. The average molecular weight is 185 g/mol. The van der Waals surface area contributed by atoms with Crippen molar-refractivity contribution in [2.24, 2.45) is 0 Å². The largest absolute Gasteiger partial charge is 0.393 e. The molecule has 0 aromatic rings. The highest BCUT2D eigenvalue weighted by Gasteiger charge is 1.98. The Morgan fingerprint density at radius 3 is 2.62 bits per heavy atom. The molecule has 2 nitrogen and oxygen atoms in total. The summed E-state index contributed by atoms with van der Waals surface area (Å²) in [6.45, 7) is 8.74. The summed E-state index contributed by atoms with van der Waals surface area (Å²) in [6, 6.07) is 0.532. The van der Waals surface area contributed by atoms with Crippen LogP contribution in [0.2, 0.25) is 0 Å². The maximum atomic E-state index is 9.01. The van der Waals surface area contributed by atoms with Gasteiger partial charge >= 0.3 is 0 Å². The first-order valence-corrected chi connectivity index (χ1v) is 5.19. The van der Waals surface area contributed by atoms with Gasteiger partial charge in [-0.1, -0.05) is 6.08 Å². The fraction of sp³-hybridized carbons (Fsp3) is 0.818. The van der Waals surface area contributed by atoms with Gasteiger partial charge < -0.3 is 10.4 Å². The molecule has 0 aliphatic carbocycles. The third-order valence-electron chi connectivity index (χ3n) is 2.06. The van der Waals surface area contributed by atoms with Crippen LogP contribution in [-0.4, -0.2) is 23.8 Å². The van der Waals surface area contributed by atoms with Gasteiger partial charge in [-0.3, -0.25) is 0 Å². The van der Waals surface area contributed by atoms with E-state index in [9.17, 15) is 0 Å². The zero-order valence-corrected chi connectivity index (χ0v) is 8.92.